The highest BCUT2D eigenvalue weighted by atomic mass is 79.9. The Morgan fingerprint density at radius 3 is 2.22 bits per heavy atom. The molecule has 2 aromatic rings. The highest BCUT2D eigenvalue weighted by Crippen LogP contribution is 2.23. The monoisotopic (exact) mass is 307 g/mol. The van der Waals surface area contributed by atoms with Gasteiger partial charge in [-0.1, -0.05) is 29.8 Å². The first-order valence-corrected chi connectivity index (χ1v) is 6.93. The van der Waals surface area contributed by atoms with Gasteiger partial charge < -0.3 is 9.73 Å². The van der Waals surface area contributed by atoms with E-state index in [9.17, 15) is 0 Å². The maximum absolute atomic E-state index is 5.56. The van der Waals surface area contributed by atoms with Crippen molar-refractivity contribution in [2.75, 3.05) is 0 Å². The van der Waals surface area contributed by atoms with E-state index < -0.39 is 0 Å². The zero-order chi connectivity index (χ0) is 13.1. The molecule has 2 atom stereocenters. The normalized spacial score (nSPS) is 14.4. The number of nitrogens with one attached hydrogen (secondary N) is 1. The smallest absolute Gasteiger partial charge is 0.169 e. The first kappa shape index (κ1) is 13.4. The van der Waals surface area contributed by atoms with E-state index in [1.807, 2.05) is 12.1 Å². The van der Waals surface area contributed by atoms with Gasteiger partial charge in [-0.2, -0.15) is 0 Å². The van der Waals surface area contributed by atoms with E-state index in [1.54, 1.807) is 0 Å². The number of furan rings is 1. The molecule has 0 radical (unpaired) electrons. The molecule has 2 rings (SSSR count). The molecule has 0 fully saturated rings. The van der Waals surface area contributed by atoms with Crippen LogP contribution in [0.5, 0.6) is 0 Å². The van der Waals surface area contributed by atoms with Crippen LogP contribution in [0.1, 0.15) is 42.8 Å². The maximum atomic E-state index is 5.56. The van der Waals surface area contributed by atoms with Crippen molar-refractivity contribution in [3.63, 3.8) is 0 Å². The zero-order valence-electron chi connectivity index (χ0n) is 10.9. The van der Waals surface area contributed by atoms with Crippen LogP contribution in [0.15, 0.2) is 45.5 Å². The largest absolute Gasteiger partial charge is 0.453 e. The Bertz CT molecular complexity index is 503. The summed E-state index contributed by atoms with van der Waals surface area (Å²) < 4.78 is 6.33. The number of halogens is 1. The van der Waals surface area contributed by atoms with Gasteiger partial charge in [-0.15, -0.1) is 0 Å². The SMILES string of the molecule is Cc1ccc([C@H](C)NC(C)c2ccc(Br)o2)cc1. The summed E-state index contributed by atoms with van der Waals surface area (Å²) in [6.07, 6.45) is 0. The molecular formula is C15H18BrNO. The zero-order valence-corrected chi connectivity index (χ0v) is 12.5. The van der Waals surface area contributed by atoms with Gasteiger partial charge in [0.15, 0.2) is 4.67 Å². The van der Waals surface area contributed by atoms with Gasteiger partial charge in [0.1, 0.15) is 5.76 Å². The van der Waals surface area contributed by atoms with Crippen LogP contribution in [0.25, 0.3) is 0 Å². The molecule has 0 aliphatic carbocycles. The molecule has 1 heterocycles. The summed E-state index contributed by atoms with van der Waals surface area (Å²) in [4.78, 5) is 0. The number of hydrogen-bond acceptors (Lipinski definition) is 2. The fourth-order valence-corrected chi connectivity index (χ4v) is 2.29. The Labute approximate surface area is 117 Å². The molecule has 0 saturated heterocycles. The van der Waals surface area contributed by atoms with Gasteiger partial charge in [-0.3, -0.25) is 0 Å². The summed E-state index contributed by atoms with van der Waals surface area (Å²) in [6, 6.07) is 13.0. The van der Waals surface area contributed by atoms with Crippen LogP contribution in [-0.4, -0.2) is 0 Å². The maximum Gasteiger partial charge on any atom is 0.169 e. The molecule has 0 amide bonds. The van der Waals surface area contributed by atoms with Crippen LogP contribution in [-0.2, 0) is 0 Å². The second kappa shape index (κ2) is 5.72. The van der Waals surface area contributed by atoms with Crippen molar-refractivity contribution in [2.45, 2.75) is 32.9 Å². The predicted molar refractivity (Wildman–Crippen MR) is 77.6 cm³/mol. The molecule has 0 aliphatic heterocycles. The Kier molecular flexibility index (Phi) is 4.25. The molecule has 2 nitrogen and oxygen atoms in total. The molecule has 18 heavy (non-hydrogen) atoms. The van der Waals surface area contributed by atoms with E-state index in [0.29, 0.717) is 6.04 Å². The first-order chi connectivity index (χ1) is 8.56. The molecule has 0 saturated carbocycles. The van der Waals surface area contributed by atoms with Crippen molar-refractivity contribution < 1.29 is 4.42 Å². The minimum atomic E-state index is 0.188. The van der Waals surface area contributed by atoms with E-state index in [2.05, 4.69) is 66.3 Å². The summed E-state index contributed by atoms with van der Waals surface area (Å²) in [7, 11) is 0. The fraction of sp³-hybridized carbons (Fsp3) is 0.333. The van der Waals surface area contributed by atoms with E-state index in [0.717, 1.165) is 10.4 Å². The number of rotatable bonds is 4. The van der Waals surface area contributed by atoms with Gasteiger partial charge in [0, 0.05) is 6.04 Å². The molecule has 0 spiro atoms. The lowest BCUT2D eigenvalue weighted by molar-refractivity contribution is 0.394. The Morgan fingerprint density at radius 2 is 1.67 bits per heavy atom. The van der Waals surface area contributed by atoms with Crippen molar-refractivity contribution in [3.05, 3.63) is 58.0 Å². The number of aryl methyl sites for hydroxylation is 1. The Morgan fingerprint density at radius 1 is 1.00 bits per heavy atom. The van der Waals surface area contributed by atoms with Crippen LogP contribution in [0.3, 0.4) is 0 Å². The molecule has 0 bridgehead atoms. The Hall–Kier alpha value is -1.06. The van der Waals surface area contributed by atoms with Crippen molar-refractivity contribution in [2.24, 2.45) is 0 Å². The van der Waals surface area contributed by atoms with Gasteiger partial charge in [0.05, 0.1) is 6.04 Å². The molecule has 1 N–H and O–H groups in total. The van der Waals surface area contributed by atoms with Crippen molar-refractivity contribution in [3.8, 4) is 0 Å². The molecule has 1 aromatic carbocycles. The second-order valence-electron chi connectivity index (χ2n) is 4.66. The number of hydrogen-bond donors (Lipinski definition) is 1. The molecular weight excluding hydrogens is 290 g/mol. The third kappa shape index (κ3) is 3.24. The quantitative estimate of drug-likeness (QED) is 0.880. The Balaban J connectivity index is 2.02. The highest BCUT2D eigenvalue weighted by molar-refractivity contribution is 9.10. The summed E-state index contributed by atoms with van der Waals surface area (Å²) in [5, 5.41) is 3.53. The summed E-state index contributed by atoms with van der Waals surface area (Å²) in [5.41, 5.74) is 2.58. The lowest BCUT2D eigenvalue weighted by Crippen LogP contribution is -2.22. The van der Waals surface area contributed by atoms with E-state index >= 15 is 0 Å². The van der Waals surface area contributed by atoms with Gasteiger partial charge in [0.25, 0.3) is 0 Å². The van der Waals surface area contributed by atoms with Crippen LogP contribution >= 0.6 is 15.9 Å². The highest BCUT2D eigenvalue weighted by Gasteiger charge is 2.13. The number of benzene rings is 1. The van der Waals surface area contributed by atoms with Crippen LogP contribution in [0.4, 0.5) is 0 Å². The van der Waals surface area contributed by atoms with Crippen LogP contribution in [0.2, 0.25) is 0 Å². The summed E-state index contributed by atoms with van der Waals surface area (Å²) in [5.74, 6) is 0.945. The third-order valence-corrected chi connectivity index (χ3v) is 3.52. The average Bonchev–Trinajstić information content (AvgIpc) is 2.76. The molecule has 1 unspecified atom stereocenters. The van der Waals surface area contributed by atoms with Crippen LogP contribution in [0, 0.1) is 6.92 Å². The minimum Gasteiger partial charge on any atom is -0.453 e. The lowest BCUT2D eigenvalue weighted by atomic mass is 10.1. The van der Waals surface area contributed by atoms with E-state index in [-0.39, 0.29) is 6.04 Å². The molecule has 3 heteroatoms. The topological polar surface area (TPSA) is 25.2 Å². The molecule has 1 aromatic heterocycles. The van der Waals surface area contributed by atoms with Crippen molar-refractivity contribution in [1.29, 1.82) is 0 Å². The van der Waals surface area contributed by atoms with Gasteiger partial charge in [-0.05, 0) is 54.4 Å². The van der Waals surface area contributed by atoms with Gasteiger partial charge in [0.2, 0.25) is 0 Å². The van der Waals surface area contributed by atoms with E-state index in [1.165, 1.54) is 11.1 Å². The first-order valence-electron chi connectivity index (χ1n) is 6.14. The molecule has 0 aliphatic rings. The molecule has 96 valence electrons. The van der Waals surface area contributed by atoms with Crippen LogP contribution < -0.4 is 5.32 Å². The average molecular weight is 308 g/mol. The van der Waals surface area contributed by atoms with Gasteiger partial charge in [-0.25, -0.2) is 0 Å². The fourth-order valence-electron chi connectivity index (χ4n) is 1.97. The minimum absolute atomic E-state index is 0.188. The van der Waals surface area contributed by atoms with Gasteiger partial charge >= 0.3 is 0 Å². The second-order valence-corrected chi connectivity index (χ2v) is 5.44. The predicted octanol–water partition coefficient (Wildman–Crippen LogP) is 4.76. The summed E-state index contributed by atoms with van der Waals surface area (Å²) in [6.45, 7) is 6.37. The van der Waals surface area contributed by atoms with Crippen molar-refractivity contribution >= 4 is 15.9 Å². The third-order valence-electron chi connectivity index (χ3n) is 3.10. The van der Waals surface area contributed by atoms with Crippen molar-refractivity contribution in [1.82, 2.24) is 5.32 Å². The standard InChI is InChI=1S/C15H18BrNO/c1-10-4-6-13(7-5-10)11(2)17-12(3)14-8-9-15(16)18-14/h4-9,11-12,17H,1-3H3/t11-,12?/m0/s1. The lowest BCUT2D eigenvalue weighted by Gasteiger charge is -2.19. The van der Waals surface area contributed by atoms with E-state index in [4.69, 9.17) is 4.42 Å². The summed E-state index contributed by atoms with van der Waals surface area (Å²) >= 11 is 3.33.